The van der Waals surface area contributed by atoms with E-state index in [1.807, 2.05) is 0 Å². The molecule has 0 aromatic heterocycles. The molecule has 2 aromatic carbocycles. The molecule has 2 atom stereocenters. The van der Waals surface area contributed by atoms with Gasteiger partial charge in [-0.1, -0.05) is 44.2 Å². The quantitative estimate of drug-likeness (QED) is 0.429. The van der Waals surface area contributed by atoms with Gasteiger partial charge >= 0.3 is 0 Å². The molecule has 0 aliphatic carbocycles. The van der Waals surface area contributed by atoms with Gasteiger partial charge in [0, 0.05) is 13.0 Å². The number of primary amides is 1. The smallest absolute Gasteiger partial charge is 0.255 e. The standard InChI is InChI=1S/C22H28N2O5S/c1-14(2)9-10-24-22(27)18-12-16(5-8-19(18)25)11-15-3-6-17(7-4-15)20(30(28)29)13-21(23)26/h3-8,12,14,20,25H,9-11,13H2,1-2H3,(H2,23,26)(H,24,27)(H,28,29). The fraction of sp³-hybridized carbons (Fsp3) is 0.364. The molecule has 0 aliphatic rings. The minimum absolute atomic E-state index is 0.0733. The van der Waals surface area contributed by atoms with Gasteiger partial charge in [-0.05, 0) is 47.6 Å². The number of phenols is 1. The van der Waals surface area contributed by atoms with Crippen LogP contribution in [0.25, 0.3) is 0 Å². The maximum atomic E-state index is 12.4. The lowest BCUT2D eigenvalue weighted by Gasteiger charge is -2.13. The van der Waals surface area contributed by atoms with Crippen molar-refractivity contribution in [3.63, 3.8) is 0 Å². The van der Waals surface area contributed by atoms with Crippen LogP contribution < -0.4 is 11.1 Å². The zero-order chi connectivity index (χ0) is 22.3. The molecule has 0 fully saturated rings. The van der Waals surface area contributed by atoms with Crippen LogP contribution >= 0.6 is 0 Å². The second-order valence-electron chi connectivity index (χ2n) is 7.64. The van der Waals surface area contributed by atoms with Crippen LogP contribution in [-0.2, 0) is 22.3 Å². The molecular weight excluding hydrogens is 404 g/mol. The number of phenolic OH excluding ortho intramolecular Hbond substituents is 1. The Kier molecular flexibility index (Phi) is 8.56. The first-order chi connectivity index (χ1) is 14.2. The van der Waals surface area contributed by atoms with Crippen LogP contribution in [0.4, 0.5) is 0 Å². The molecule has 2 amide bonds. The molecule has 2 aromatic rings. The Morgan fingerprint density at radius 1 is 1.10 bits per heavy atom. The maximum absolute atomic E-state index is 12.4. The zero-order valence-electron chi connectivity index (χ0n) is 17.1. The average molecular weight is 433 g/mol. The van der Waals surface area contributed by atoms with Crippen LogP contribution in [-0.4, -0.2) is 32.2 Å². The Morgan fingerprint density at radius 3 is 2.30 bits per heavy atom. The highest BCUT2D eigenvalue weighted by Gasteiger charge is 2.20. The fourth-order valence-electron chi connectivity index (χ4n) is 3.02. The molecule has 8 heteroatoms. The largest absolute Gasteiger partial charge is 0.507 e. The van der Waals surface area contributed by atoms with Crippen molar-refractivity contribution in [2.75, 3.05) is 6.54 Å². The van der Waals surface area contributed by atoms with Crippen molar-refractivity contribution in [2.24, 2.45) is 11.7 Å². The molecule has 2 unspecified atom stereocenters. The van der Waals surface area contributed by atoms with Gasteiger partial charge in [-0.15, -0.1) is 0 Å². The number of aromatic hydroxyl groups is 1. The first-order valence-corrected chi connectivity index (χ1v) is 10.9. The van der Waals surface area contributed by atoms with E-state index < -0.39 is 22.2 Å². The Labute approximate surface area is 179 Å². The number of amides is 2. The first-order valence-electron chi connectivity index (χ1n) is 9.74. The van der Waals surface area contributed by atoms with Gasteiger partial charge in [-0.25, -0.2) is 4.21 Å². The summed E-state index contributed by atoms with van der Waals surface area (Å²) in [6.45, 7) is 4.69. The minimum Gasteiger partial charge on any atom is -0.507 e. The number of nitrogens with two attached hydrogens (primary N) is 1. The number of rotatable bonds is 10. The summed E-state index contributed by atoms with van der Waals surface area (Å²) in [6.07, 6.45) is 1.15. The van der Waals surface area contributed by atoms with Crippen LogP contribution in [0.1, 0.15) is 59.0 Å². The third-order valence-electron chi connectivity index (χ3n) is 4.70. The van der Waals surface area contributed by atoms with Gasteiger partial charge in [0.2, 0.25) is 5.91 Å². The number of carbonyl (C=O) groups excluding carboxylic acids is 2. The molecule has 0 aliphatic heterocycles. The Morgan fingerprint density at radius 2 is 1.73 bits per heavy atom. The third-order valence-corrected chi connectivity index (χ3v) is 5.63. The molecule has 7 nitrogen and oxygen atoms in total. The van der Waals surface area contributed by atoms with E-state index in [-0.39, 0.29) is 23.6 Å². The topological polar surface area (TPSA) is 130 Å². The summed E-state index contributed by atoms with van der Waals surface area (Å²) in [5, 5.41) is 12.0. The maximum Gasteiger partial charge on any atom is 0.255 e. The number of nitrogens with one attached hydrogen (secondary N) is 1. The number of hydrogen-bond donors (Lipinski definition) is 4. The SMILES string of the molecule is CC(C)CCNC(=O)c1cc(Cc2ccc(C(CC(N)=O)S(=O)O)cc2)ccc1O. The van der Waals surface area contributed by atoms with E-state index in [1.54, 1.807) is 36.4 Å². The predicted octanol–water partition coefficient (Wildman–Crippen LogP) is 2.90. The lowest BCUT2D eigenvalue weighted by Crippen LogP contribution is -2.25. The molecule has 0 spiro atoms. The van der Waals surface area contributed by atoms with E-state index in [0.29, 0.717) is 24.4 Å². The number of hydrogen-bond acceptors (Lipinski definition) is 4. The second-order valence-corrected chi connectivity index (χ2v) is 8.76. The molecule has 0 bridgehead atoms. The molecule has 0 saturated carbocycles. The van der Waals surface area contributed by atoms with E-state index in [9.17, 15) is 23.5 Å². The summed E-state index contributed by atoms with van der Waals surface area (Å²) in [5.74, 6) is -0.560. The number of carbonyl (C=O) groups is 2. The minimum atomic E-state index is -2.21. The van der Waals surface area contributed by atoms with Crippen LogP contribution in [0.3, 0.4) is 0 Å². The summed E-state index contributed by atoms with van der Waals surface area (Å²) >= 11 is -2.21. The van der Waals surface area contributed by atoms with Crippen molar-refractivity contribution < 1.29 is 23.5 Å². The highest BCUT2D eigenvalue weighted by Crippen LogP contribution is 2.25. The van der Waals surface area contributed by atoms with E-state index in [1.165, 1.54) is 6.07 Å². The molecular formula is C22H28N2O5S. The van der Waals surface area contributed by atoms with Crippen LogP contribution in [0.2, 0.25) is 0 Å². The van der Waals surface area contributed by atoms with Crippen molar-refractivity contribution >= 4 is 22.9 Å². The second kappa shape index (κ2) is 10.9. The summed E-state index contributed by atoms with van der Waals surface area (Å²) in [5.41, 5.74) is 7.69. The van der Waals surface area contributed by atoms with E-state index >= 15 is 0 Å². The van der Waals surface area contributed by atoms with E-state index in [0.717, 1.165) is 17.5 Å². The van der Waals surface area contributed by atoms with Crippen LogP contribution in [0.15, 0.2) is 42.5 Å². The Bertz CT molecular complexity index is 912. The van der Waals surface area contributed by atoms with Gasteiger partial charge < -0.3 is 20.7 Å². The van der Waals surface area contributed by atoms with Crippen LogP contribution in [0, 0.1) is 5.92 Å². The summed E-state index contributed by atoms with van der Waals surface area (Å²) in [7, 11) is 0. The molecule has 0 saturated heterocycles. The van der Waals surface area contributed by atoms with Crippen molar-refractivity contribution in [2.45, 2.75) is 38.4 Å². The summed E-state index contributed by atoms with van der Waals surface area (Å²) < 4.78 is 20.9. The van der Waals surface area contributed by atoms with Crippen LogP contribution in [0.5, 0.6) is 5.75 Å². The van der Waals surface area contributed by atoms with Gasteiger partial charge in [0.25, 0.3) is 5.91 Å². The normalized spacial score (nSPS) is 13.1. The Balaban J connectivity index is 2.11. The van der Waals surface area contributed by atoms with Gasteiger partial charge in [0.15, 0.2) is 11.1 Å². The van der Waals surface area contributed by atoms with E-state index in [4.69, 9.17) is 5.73 Å². The highest BCUT2D eigenvalue weighted by molar-refractivity contribution is 7.79. The number of benzene rings is 2. The summed E-state index contributed by atoms with van der Waals surface area (Å²) in [4.78, 5) is 23.5. The van der Waals surface area contributed by atoms with E-state index in [2.05, 4.69) is 19.2 Å². The predicted molar refractivity (Wildman–Crippen MR) is 116 cm³/mol. The van der Waals surface area contributed by atoms with Crippen molar-refractivity contribution in [3.05, 3.63) is 64.7 Å². The Hall–Kier alpha value is -2.71. The average Bonchev–Trinajstić information content (AvgIpc) is 2.67. The van der Waals surface area contributed by atoms with Crippen molar-refractivity contribution in [3.8, 4) is 5.75 Å². The van der Waals surface area contributed by atoms with Gasteiger partial charge in [-0.2, -0.15) is 0 Å². The van der Waals surface area contributed by atoms with Gasteiger partial charge in [0.05, 0.1) is 10.8 Å². The molecule has 5 N–H and O–H groups in total. The van der Waals surface area contributed by atoms with Gasteiger partial charge in [-0.3, -0.25) is 9.59 Å². The summed E-state index contributed by atoms with van der Waals surface area (Å²) in [6, 6.07) is 11.9. The zero-order valence-corrected chi connectivity index (χ0v) is 17.9. The lowest BCUT2D eigenvalue weighted by atomic mass is 9.99. The van der Waals surface area contributed by atoms with Crippen molar-refractivity contribution in [1.82, 2.24) is 5.32 Å². The molecule has 0 heterocycles. The van der Waals surface area contributed by atoms with Crippen molar-refractivity contribution in [1.29, 1.82) is 0 Å². The molecule has 162 valence electrons. The molecule has 2 rings (SSSR count). The third kappa shape index (κ3) is 6.96. The first kappa shape index (κ1) is 23.6. The highest BCUT2D eigenvalue weighted by atomic mass is 32.2. The fourth-order valence-corrected chi connectivity index (χ4v) is 3.72. The monoisotopic (exact) mass is 432 g/mol. The molecule has 0 radical (unpaired) electrons. The molecule has 30 heavy (non-hydrogen) atoms. The van der Waals surface area contributed by atoms with Gasteiger partial charge in [0.1, 0.15) is 5.75 Å². The lowest BCUT2D eigenvalue weighted by molar-refractivity contribution is -0.118.